The molecule has 2 rings (SSSR count). The van der Waals surface area contributed by atoms with E-state index < -0.39 is 0 Å². The van der Waals surface area contributed by atoms with Crippen molar-refractivity contribution in [3.05, 3.63) is 24.3 Å². The van der Waals surface area contributed by atoms with Gasteiger partial charge in [-0.3, -0.25) is 0 Å². The van der Waals surface area contributed by atoms with E-state index in [1.807, 2.05) is 23.9 Å². The van der Waals surface area contributed by atoms with Crippen LogP contribution in [-0.2, 0) is 0 Å². The van der Waals surface area contributed by atoms with Crippen molar-refractivity contribution in [3.63, 3.8) is 0 Å². The molecule has 1 aromatic rings. The van der Waals surface area contributed by atoms with Gasteiger partial charge in [-0.15, -0.1) is 11.8 Å². The fourth-order valence-corrected chi connectivity index (χ4v) is 4.70. The number of para-hydroxylation sites is 1. The average molecular weight is 297 g/mol. The topological polar surface area (TPSA) is 9.23 Å². The SMILES string of the molecule is COc1ccccc1SCC1(CS)CCCCCC1. The molecule has 0 saturated heterocycles. The molecule has 0 heterocycles. The minimum absolute atomic E-state index is 0.422. The molecule has 0 bridgehead atoms. The van der Waals surface area contributed by atoms with Crippen LogP contribution in [-0.4, -0.2) is 18.6 Å². The van der Waals surface area contributed by atoms with E-state index in [4.69, 9.17) is 4.74 Å². The van der Waals surface area contributed by atoms with Crippen molar-refractivity contribution in [1.29, 1.82) is 0 Å². The Labute approximate surface area is 126 Å². The number of methoxy groups -OCH3 is 1. The summed E-state index contributed by atoms with van der Waals surface area (Å²) >= 11 is 6.58. The smallest absolute Gasteiger partial charge is 0.132 e. The summed E-state index contributed by atoms with van der Waals surface area (Å²) in [6.45, 7) is 0. The highest BCUT2D eigenvalue weighted by molar-refractivity contribution is 7.99. The molecule has 0 atom stereocenters. The van der Waals surface area contributed by atoms with E-state index in [2.05, 4.69) is 24.8 Å². The molecule has 0 spiro atoms. The molecule has 1 aliphatic rings. The summed E-state index contributed by atoms with van der Waals surface area (Å²) in [6, 6.07) is 8.32. The monoisotopic (exact) mass is 296 g/mol. The zero-order valence-corrected chi connectivity index (χ0v) is 13.4. The van der Waals surface area contributed by atoms with E-state index in [0.717, 1.165) is 17.3 Å². The number of thioether (sulfide) groups is 1. The van der Waals surface area contributed by atoms with Gasteiger partial charge in [0, 0.05) is 10.6 Å². The maximum atomic E-state index is 5.44. The maximum absolute atomic E-state index is 5.44. The lowest BCUT2D eigenvalue weighted by Crippen LogP contribution is -2.25. The van der Waals surface area contributed by atoms with Crippen LogP contribution in [0.3, 0.4) is 0 Å². The van der Waals surface area contributed by atoms with Gasteiger partial charge in [-0.05, 0) is 36.1 Å². The lowest BCUT2D eigenvalue weighted by atomic mass is 9.84. The van der Waals surface area contributed by atoms with Gasteiger partial charge in [-0.25, -0.2) is 0 Å². The molecule has 0 aromatic heterocycles. The number of hydrogen-bond donors (Lipinski definition) is 1. The molecule has 0 radical (unpaired) electrons. The fourth-order valence-electron chi connectivity index (χ4n) is 2.80. The molecule has 0 amide bonds. The molecule has 106 valence electrons. The third-order valence-electron chi connectivity index (χ3n) is 4.10. The van der Waals surface area contributed by atoms with Gasteiger partial charge in [0.15, 0.2) is 0 Å². The van der Waals surface area contributed by atoms with Crippen molar-refractivity contribution >= 4 is 24.4 Å². The van der Waals surface area contributed by atoms with Crippen molar-refractivity contribution in [3.8, 4) is 5.75 Å². The summed E-state index contributed by atoms with van der Waals surface area (Å²) < 4.78 is 5.44. The molecule has 1 fully saturated rings. The van der Waals surface area contributed by atoms with Crippen molar-refractivity contribution in [2.75, 3.05) is 18.6 Å². The highest BCUT2D eigenvalue weighted by Gasteiger charge is 2.29. The number of benzene rings is 1. The van der Waals surface area contributed by atoms with Crippen LogP contribution in [0.4, 0.5) is 0 Å². The summed E-state index contributed by atoms with van der Waals surface area (Å²) in [5, 5.41) is 0. The number of thiol groups is 1. The van der Waals surface area contributed by atoms with E-state index in [-0.39, 0.29) is 0 Å². The summed E-state index contributed by atoms with van der Waals surface area (Å²) in [4.78, 5) is 1.26. The molecule has 0 aliphatic heterocycles. The molecule has 1 aromatic carbocycles. The first-order valence-corrected chi connectivity index (χ1v) is 8.78. The normalized spacial score (nSPS) is 18.8. The lowest BCUT2D eigenvalue weighted by molar-refractivity contribution is 0.332. The van der Waals surface area contributed by atoms with Crippen LogP contribution in [0.2, 0.25) is 0 Å². The second kappa shape index (κ2) is 7.49. The van der Waals surface area contributed by atoms with Gasteiger partial charge in [0.25, 0.3) is 0 Å². The third kappa shape index (κ3) is 4.09. The Morgan fingerprint density at radius 2 is 1.84 bits per heavy atom. The van der Waals surface area contributed by atoms with Crippen molar-refractivity contribution in [2.24, 2.45) is 5.41 Å². The summed E-state index contributed by atoms with van der Waals surface area (Å²) in [6.07, 6.45) is 8.20. The average Bonchev–Trinajstić information content (AvgIpc) is 2.71. The maximum Gasteiger partial charge on any atom is 0.132 e. The third-order valence-corrected chi connectivity index (χ3v) is 6.18. The van der Waals surface area contributed by atoms with Gasteiger partial charge in [-0.1, -0.05) is 37.8 Å². The number of rotatable bonds is 5. The van der Waals surface area contributed by atoms with Crippen molar-refractivity contribution in [2.45, 2.75) is 43.4 Å². The second-order valence-electron chi connectivity index (χ2n) is 5.51. The summed E-state index contributed by atoms with van der Waals surface area (Å²) in [5.74, 6) is 3.17. The molecular weight excluding hydrogens is 272 g/mol. The minimum Gasteiger partial charge on any atom is -0.496 e. The Morgan fingerprint density at radius 1 is 1.16 bits per heavy atom. The van der Waals surface area contributed by atoms with E-state index in [1.54, 1.807) is 7.11 Å². The molecule has 0 unspecified atom stereocenters. The van der Waals surface area contributed by atoms with Gasteiger partial charge in [0.2, 0.25) is 0 Å². The van der Waals surface area contributed by atoms with Gasteiger partial charge < -0.3 is 4.74 Å². The Hall–Kier alpha value is -0.280. The molecule has 3 heteroatoms. The van der Waals surface area contributed by atoms with E-state index in [0.29, 0.717) is 5.41 Å². The molecule has 0 N–H and O–H groups in total. The molecule has 1 aliphatic carbocycles. The quantitative estimate of drug-likeness (QED) is 0.462. The van der Waals surface area contributed by atoms with Crippen molar-refractivity contribution < 1.29 is 4.74 Å². The lowest BCUT2D eigenvalue weighted by Gasteiger charge is -2.31. The van der Waals surface area contributed by atoms with Crippen LogP contribution in [0.1, 0.15) is 38.5 Å². The molecule has 1 nitrogen and oxygen atoms in total. The van der Waals surface area contributed by atoms with Gasteiger partial charge in [0.05, 0.1) is 7.11 Å². The van der Waals surface area contributed by atoms with Gasteiger partial charge in [0.1, 0.15) is 5.75 Å². The number of hydrogen-bond acceptors (Lipinski definition) is 3. The van der Waals surface area contributed by atoms with E-state index in [1.165, 1.54) is 43.4 Å². The van der Waals surface area contributed by atoms with Crippen LogP contribution in [0.15, 0.2) is 29.2 Å². The fraction of sp³-hybridized carbons (Fsp3) is 0.625. The number of ether oxygens (including phenoxy) is 1. The Morgan fingerprint density at radius 3 is 2.47 bits per heavy atom. The highest BCUT2D eigenvalue weighted by Crippen LogP contribution is 2.42. The Balaban J connectivity index is 2.02. The predicted molar refractivity (Wildman–Crippen MR) is 87.7 cm³/mol. The highest BCUT2D eigenvalue weighted by atomic mass is 32.2. The standard InChI is InChI=1S/C16H24OS2/c1-17-14-8-4-5-9-15(14)19-13-16(12-18)10-6-2-3-7-11-16/h4-5,8-9,18H,2-3,6-7,10-13H2,1H3. The predicted octanol–water partition coefficient (Wildman–Crippen LogP) is 5.06. The van der Waals surface area contributed by atoms with Gasteiger partial charge >= 0.3 is 0 Å². The van der Waals surface area contributed by atoms with Gasteiger partial charge in [-0.2, -0.15) is 12.6 Å². The zero-order valence-electron chi connectivity index (χ0n) is 11.7. The second-order valence-corrected chi connectivity index (χ2v) is 6.85. The molecule has 19 heavy (non-hydrogen) atoms. The Bertz CT molecular complexity index is 384. The van der Waals surface area contributed by atoms with Crippen LogP contribution < -0.4 is 4.74 Å². The van der Waals surface area contributed by atoms with E-state index >= 15 is 0 Å². The van der Waals surface area contributed by atoms with Crippen LogP contribution in [0.25, 0.3) is 0 Å². The molecular formula is C16H24OS2. The first kappa shape index (κ1) is 15.1. The van der Waals surface area contributed by atoms with Crippen LogP contribution >= 0.6 is 24.4 Å². The minimum atomic E-state index is 0.422. The zero-order chi connectivity index (χ0) is 13.6. The summed E-state index contributed by atoms with van der Waals surface area (Å²) in [5.41, 5.74) is 0.422. The Kier molecular flexibility index (Phi) is 5.96. The van der Waals surface area contributed by atoms with Crippen LogP contribution in [0, 0.1) is 5.41 Å². The van der Waals surface area contributed by atoms with Crippen molar-refractivity contribution in [1.82, 2.24) is 0 Å². The first-order chi connectivity index (χ1) is 9.29. The summed E-state index contributed by atoms with van der Waals surface area (Å²) in [7, 11) is 1.75. The first-order valence-electron chi connectivity index (χ1n) is 7.16. The largest absolute Gasteiger partial charge is 0.496 e. The van der Waals surface area contributed by atoms with Crippen LogP contribution in [0.5, 0.6) is 5.75 Å². The van der Waals surface area contributed by atoms with E-state index in [9.17, 15) is 0 Å². The molecule has 1 saturated carbocycles.